The lowest BCUT2D eigenvalue weighted by molar-refractivity contribution is 0.0951. The smallest absolute Gasteiger partial charge is 0.251 e. The van der Waals surface area contributed by atoms with E-state index in [2.05, 4.69) is 12.2 Å². The molecule has 0 aliphatic rings. The summed E-state index contributed by atoms with van der Waals surface area (Å²) in [6.07, 6.45) is 4.01. The van der Waals surface area contributed by atoms with Gasteiger partial charge in [-0.3, -0.25) is 4.79 Å². The van der Waals surface area contributed by atoms with Gasteiger partial charge in [0, 0.05) is 12.1 Å². The van der Waals surface area contributed by atoms with E-state index in [4.69, 9.17) is 5.14 Å². The molecule has 0 unspecified atom stereocenters. The average molecular weight is 316 g/mol. The number of carbonyl (C=O) groups is 1. The number of primary sulfonamides is 1. The average Bonchev–Trinajstić information content (AvgIpc) is 2.39. The van der Waals surface area contributed by atoms with Gasteiger partial charge in [-0.15, -0.1) is 0 Å². The molecule has 0 bridgehead atoms. The molecule has 5 nitrogen and oxygen atoms in total. The Labute approximate surface area is 124 Å². The number of halogens is 1. The molecule has 118 valence electrons. The molecule has 0 aromatic heterocycles. The van der Waals surface area contributed by atoms with Crippen molar-refractivity contribution in [2.24, 2.45) is 5.14 Å². The topological polar surface area (TPSA) is 89.3 Å². The van der Waals surface area contributed by atoms with Gasteiger partial charge in [0.25, 0.3) is 5.91 Å². The SMILES string of the molecule is CCCCCCNC(=O)c1cc(F)cc(S(N)(=O)=O)c1C. The predicted octanol–water partition coefficient (Wildman–Crippen LogP) is 2.09. The number of amides is 1. The number of benzene rings is 1. The van der Waals surface area contributed by atoms with Crippen molar-refractivity contribution < 1.29 is 17.6 Å². The van der Waals surface area contributed by atoms with Crippen LogP contribution in [0.1, 0.15) is 48.5 Å². The molecule has 3 N–H and O–H groups in total. The molecule has 0 fully saturated rings. The van der Waals surface area contributed by atoms with Crippen LogP contribution in [0.5, 0.6) is 0 Å². The van der Waals surface area contributed by atoms with Crippen LogP contribution in [0.3, 0.4) is 0 Å². The second-order valence-electron chi connectivity index (χ2n) is 4.94. The zero-order valence-corrected chi connectivity index (χ0v) is 13.1. The van der Waals surface area contributed by atoms with E-state index in [9.17, 15) is 17.6 Å². The number of hydrogen-bond acceptors (Lipinski definition) is 3. The summed E-state index contributed by atoms with van der Waals surface area (Å²) in [5, 5.41) is 7.69. The molecule has 0 saturated heterocycles. The Morgan fingerprint density at radius 1 is 1.29 bits per heavy atom. The number of sulfonamides is 1. The Morgan fingerprint density at radius 3 is 2.52 bits per heavy atom. The van der Waals surface area contributed by atoms with Crippen LogP contribution in [0.25, 0.3) is 0 Å². The minimum absolute atomic E-state index is 0.00508. The lowest BCUT2D eigenvalue weighted by Gasteiger charge is -2.11. The predicted molar refractivity (Wildman–Crippen MR) is 79.0 cm³/mol. The van der Waals surface area contributed by atoms with Crippen LogP contribution in [0, 0.1) is 12.7 Å². The molecule has 0 spiro atoms. The first-order valence-corrected chi connectivity index (χ1v) is 8.43. The molecule has 1 aromatic carbocycles. The standard InChI is InChI=1S/C14H21FN2O3S/c1-3-4-5-6-7-17-14(18)12-8-11(15)9-13(10(12)2)21(16,19)20/h8-9H,3-7H2,1-2H3,(H,17,18)(H2,16,19,20). The van der Waals surface area contributed by atoms with Crippen LogP contribution in [0.15, 0.2) is 17.0 Å². The molecule has 0 atom stereocenters. The van der Waals surface area contributed by atoms with E-state index in [1.807, 2.05) is 0 Å². The third-order valence-electron chi connectivity index (χ3n) is 3.19. The van der Waals surface area contributed by atoms with Crippen molar-refractivity contribution in [2.75, 3.05) is 6.54 Å². The fourth-order valence-corrected chi connectivity index (χ4v) is 2.85. The summed E-state index contributed by atoms with van der Waals surface area (Å²) in [5.74, 6) is -1.30. The van der Waals surface area contributed by atoms with Gasteiger partial charge in [0.2, 0.25) is 10.0 Å². The molecule has 0 saturated carbocycles. The van der Waals surface area contributed by atoms with Gasteiger partial charge in [-0.2, -0.15) is 0 Å². The van der Waals surface area contributed by atoms with Gasteiger partial charge in [-0.25, -0.2) is 17.9 Å². The largest absolute Gasteiger partial charge is 0.352 e. The first kappa shape index (κ1) is 17.6. The van der Waals surface area contributed by atoms with Gasteiger partial charge in [0.15, 0.2) is 0 Å². The molecule has 1 rings (SSSR count). The third-order valence-corrected chi connectivity index (χ3v) is 4.23. The summed E-state index contributed by atoms with van der Waals surface area (Å²) >= 11 is 0. The highest BCUT2D eigenvalue weighted by molar-refractivity contribution is 7.89. The number of hydrogen-bond donors (Lipinski definition) is 2. The van der Waals surface area contributed by atoms with Gasteiger partial charge in [0.05, 0.1) is 4.90 Å². The lowest BCUT2D eigenvalue weighted by Crippen LogP contribution is -2.26. The minimum Gasteiger partial charge on any atom is -0.352 e. The number of unbranched alkanes of at least 4 members (excludes halogenated alkanes) is 3. The van der Waals surface area contributed by atoms with Crippen LogP contribution >= 0.6 is 0 Å². The first-order chi connectivity index (χ1) is 9.77. The highest BCUT2D eigenvalue weighted by atomic mass is 32.2. The summed E-state index contributed by atoms with van der Waals surface area (Å²) in [4.78, 5) is 11.7. The summed E-state index contributed by atoms with van der Waals surface area (Å²) in [7, 11) is -4.06. The van der Waals surface area contributed by atoms with E-state index in [1.54, 1.807) is 0 Å². The van der Waals surface area contributed by atoms with Crippen LogP contribution in [-0.4, -0.2) is 20.9 Å². The summed E-state index contributed by atoms with van der Waals surface area (Å²) < 4.78 is 36.3. The van der Waals surface area contributed by atoms with Gasteiger partial charge in [0.1, 0.15) is 5.82 Å². The van der Waals surface area contributed by atoms with E-state index >= 15 is 0 Å². The third kappa shape index (κ3) is 5.09. The van der Waals surface area contributed by atoms with Crippen LogP contribution in [0.2, 0.25) is 0 Å². The molecule has 0 heterocycles. The van der Waals surface area contributed by atoms with Gasteiger partial charge < -0.3 is 5.32 Å². The Hall–Kier alpha value is -1.47. The summed E-state index contributed by atoms with van der Waals surface area (Å²) in [5.41, 5.74) is 0.152. The zero-order valence-electron chi connectivity index (χ0n) is 12.3. The molecule has 7 heteroatoms. The molecule has 0 aliphatic carbocycles. The van der Waals surface area contributed by atoms with Gasteiger partial charge >= 0.3 is 0 Å². The zero-order chi connectivity index (χ0) is 16.0. The second-order valence-corrected chi connectivity index (χ2v) is 6.47. The highest BCUT2D eigenvalue weighted by Gasteiger charge is 2.19. The molecular formula is C14H21FN2O3S. The number of nitrogens with two attached hydrogens (primary N) is 1. The molecule has 1 amide bonds. The van der Waals surface area contributed by atoms with Crippen molar-refractivity contribution in [2.45, 2.75) is 44.4 Å². The number of nitrogens with one attached hydrogen (secondary N) is 1. The highest BCUT2D eigenvalue weighted by Crippen LogP contribution is 2.20. The Morgan fingerprint density at radius 2 is 1.95 bits per heavy atom. The van der Waals surface area contributed by atoms with Crippen LogP contribution < -0.4 is 10.5 Å². The quantitative estimate of drug-likeness (QED) is 0.755. The van der Waals surface area contributed by atoms with Gasteiger partial charge in [-0.05, 0) is 31.0 Å². The number of carbonyl (C=O) groups excluding carboxylic acids is 1. The van der Waals surface area contributed by atoms with Crippen molar-refractivity contribution >= 4 is 15.9 Å². The van der Waals surface area contributed by atoms with E-state index in [0.29, 0.717) is 6.54 Å². The Balaban J connectivity index is 2.88. The maximum Gasteiger partial charge on any atom is 0.251 e. The minimum atomic E-state index is -4.06. The van der Waals surface area contributed by atoms with E-state index in [0.717, 1.165) is 37.8 Å². The lowest BCUT2D eigenvalue weighted by atomic mass is 10.1. The van der Waals surface area contributed by atoms with Crippen molar-refractivity contribution in [3.8, 4) is 0 Å². The van der Waals surface area contributed by atoms with E-state index < -0.39 is 21.7 Å². The fraction of sp³-hybridized carbons (Fsp3) is 0.500. The van der Waals surface area contributed by atoms with E-state index in [-0.39, 0.29) is 16.0 Å². The summed E-state index contributed by atoms with van der Waals surface area (Å²) in [6.45, 7) is 3.99. The monoisotopic (exact) mass is 316 g/mol. The maximum absolute atomic E-state index is 13.5. The molecule has 21 heavy (non-hydrogen) atoms. The number of rotatable bonds is 7. The van der Waals surface area contributed by atoms with Crippen molar-refractivity contribution in [3.63, 3.8) is 0 Å². The van der Waals surface area contributed by atoms with Crippen LogP contribution in [0.4, 0.5) is 4.39 Å². The van der Waals surface area contributed by atoms with Gasteiger partial charge in [-0.1, -0.05) is 26.2 Å². The fourth-order valence-electron chi connectivity index (χ4n) is 2.03. The molecular weight excluding hydrogens is 295 g/mol. The second kappa shape index (κ2) is 7.51. The Kier molecular flexibility index (Phi) is 6.29. The van der Waals surface area contributed by atoms with E-state index in [1.165, 1.54) is 6.92 Å². The van der Waals surface area contributed by atoms with Crippen LogP contribution in [-0.2, 0) is 10.0 Å². The maximum atomic E-state index is 13.5. The van der Waals surface area contributed by atoms with Crippen molar-refractivity contribution in [1.29, 1.82) is 0 Å². The van der Waals surface area contributed by atoms with Crippen molar-refractivity contribution in [1.82, 2.24) is 5.32 Å². The normalized spacial score (nSPS) is 11.4. The Bertz CT molecular complexity index is 615. The molecule has 0 aliphatic heterocycles. The molecule has 1 aromatic rings. The van der Waals surface area contributed by atoms with Crippen molar-refractivity contribution in [3.05, 3.63) is 29.1 Å². The molecule has 0 radical (unpaired) electrons. The first-order valence-electron chi connectivity index (χ1n) is 6.88. The summed E-state index contributed by atoms with van der Waals surface area (Å²) in [6, 6.07) is 1.84.